The quantitative estimate of drug-likeness (QED) is 0.558. The number of hydrogen-bond acceptors (Lipinski definition) is 5. The van der Waals surface area contributed by atoms with Crippen molar-refractivity contribution in [3.05, 3.63) is 11.6 Å². The van der Waals surface area contributed by atoms with E-state index in [1.807, 2.05) is 6.92 Å². The van der Waals surface area contributed by atoms with Crippen molar-refractivity contribution in [1.82, 2.24) is 0 Å². The maximum Gasteiger partial charge on any atom is 0.354 e. The Labute approximate surface area is 110 Å². The summed E-state index contributed by atoms with van der Waals surface area (Å²) in [6, 6.07) is 0. The van der Waals surface area contributed by atoms with Gasteiger partial charge in [-0.2, -0.15) is 0 Å². The maximum absolute atomic E-state index is 12.3. The minimum absolute atomic E-state index is 0.272. The van der Waals surface area contributed by atoms with Gasteiger partial charge in [0.2, 0.25) is 7.37 Å². The lowest BCUT2D eigenvalue weighted by Gasteiger charge is -2.16. The molecule has 18 heavy (non-hydrogen) atoms. The molecule has 0 spiro atoms. The molecule has 0 radical (unpaired) electrons. The van der Waals surface area contributed by atoms with Crippen molar-refractivity contribution in [2.45, 2.75) is 34.1 Å². The van der Waals surface area contributed by atoms with Gasteiger partial charge in [-0.15, -0.1) is 0 Å². The average Bonchev–Trinajstić information content (AvgIpc) is 2.28. The largest absolute Gasteiger partial charge is 0.354 e. The summed E-state index contributed by atoms with van der Waals surface area (Å²) in [6.07, 6.45) is 1.16. The second kappa shape index (κ2) is 9.06. The van der Waals surface area contributed by atoms with Crippen LogP contribution in [0, 0.1) is 0 Å². The van der Waals surface area contributed by atoms with Crippen LogP contribution in [0.2, 0.25) is 0 Å². The molecular formula is C11H24O5P2. The highest BCUT2D eigenvalue weighted by molar-refractivity contribution is 7.64. The first-order valence-corrected chi connectivity index (χ1v) is 9.76. The minimum Gasteiger partial charge on any atom is -0.326 e. The molecule has 0 fully saturated rings. The third-order valence-corrected chi connectivity index (χ3v) is 6.33. The van der Waals surface area contributed by atoms with E-state index in [0.717, 1.165) is 6.42 Å². The second-order valence-electron chi connectivity index (χ2n) is 3.54. The molecule has 0 aliphatic carbocycles. The fraction of sp³-hybridized carbons (Fsp3) is 0.818. The van der Waals surface area contributed by atoms with Gasteiger partial charge in [-0.25, -0.2) is 0 Å². The number of rotatable bonds is 10. The Hall–Kier alpha value is 0.0800. The summed E-state index contributed by atoms with van der Waals surface area (Å²) in [5.74, 6) is 2.64. The lowest BCUT2D eigenvalue weighted by Crippen LogP contribution is -1.95. The van der Waals surface area contributed by atoms with Gasteiger partial charge in [0, 0.05) is 17.8 Å². The third kappa shape index (κ3) is 6.86. The van der Waals surface area contributed by atoms with Crippen LogP contribution in [0.1, 0.15) is 34.1 Å². The second-order valence-corrected chi connectivity index (χ2v) is 7.89. The summed E-state index contributed by atoms with van der Waals surface area (Å²) < 4.78 is 39.9. The molecule has 108 valence electrons. The van der Waals surface area contributed by atoms with Crippen LogP contribution in [0.4, 0.5) is 0 Å². The van der Waals surface area contributed by atoms with Gasteiger partial charge < -0.3 is 13.6 Å². The van der Waals surface area contributed by atoms with E-state index >= 15 is 0 Å². The molecule has 0 heterocycles. The van der Waals surface area contributed by atoms with Crippen LogP contribution in [0.5, 0.6) is 0 Å². The van der Waals surface area contributed by atoms with Crippen molar-refractivity contribution < 1.29 is 22.7 Å². The van der Waals surface area contributed by atoms with Gasteiger partial charge in [0.15, 0.2) is 0 Å². The molecular weight excluding hydrogens is 274 g/mol. The first-order valence-electron chi connectivity index (χ1n) is 6.27. The fourth-order valence-electron chi connectivity index (χ4n) is 1.38. The van der Waals surface area contributed by atoms with Crippen LogP contribution in [0.25, 0.3) is 0 Å². The highest BCUT2D eigenvalue weighted by Gasteiger charge is 2.24. The number of hydrogen-bond donors (Lipinski definition) is 0. The molecule has 0 N–H and O–H groups in total. The first-order chi connectivity index (χ1) is 8.45. The zero-order chi connectivity index (χ0) is 14.1. The van der Waals surface area contributed by atoms with Crippen molar-refractivity contribution in [3.8, 4) is 0 Å². The van der Waals surface area contributed by atoms with Crippen molar-refractivity contribution in [1.29, 1.82) is 0 Å². The van der Waals surface area contributed by atoms with Crippen LogP contribution in [-0.2, 0) is 22.7 Å². The SMILES string of the molecule is CCCP(=O)(C=CP(=O)(OCC)OCC)OCC. The van der Waals surface area contributed by atoms with Crippen LogP contribution in [0.15, 0.2) is 11.6 Å². The molecule has 0 aromatic rings. The van der Waals surface area contributed by atoms with Gasteiger partial charge in [-0.3, -0.25) is 9.13 Å². The molecule has 0 aromatic carbocycles. The van der Waals surface area contributed by atoms with E-state index in [2.05, 4.69) is 0 Å². The van der Waals surface area contributed by atoms with Gasteiger partial charge in [0.25, 0.3) is 0 Å². The predicted octanol–water partition coefficient (Wildman–Crippen LogP) is 4.45. The Morgan fingerprint density at radius 1 is 0.833 bits per heavy atom. The summed E-state index contributed by atoms with van der Waals surface area (Å²) in [5.41, 5.74) is 0. The fourth-order valence-corrected chi connectivity index (χ4v) is 5.24. The Kier molecular flexibility index (Phi) is 9.10. The Balaban J connectivity index is 4.91. The summed E-state index contributed by atoms with van der Waals surface area (Å²) in [4.78, 5) is 0. The van der Waals surface area contributed by atoms with Crippen molar-refractivity contribution in [2.24, 2.45) is 0 Å². The topological polar surface area (TPSA) is 61.8 Å². The molecule has 0 aromatic heterocycles. The summed E-state index contributed by atoms with van der Waals surface area (Å²) >= 11 is 0. The van der Waals surface area contributed by atoms with Gasteiger partial charge in [-0.05, 0) is 27.2 Å². The monoisotopic (exact) mass is 298 g/mol. The lowest BCUT2D eigenvalue weighted by atomic mass is 10.6. The molecule has 0 rings (SSSR count). The van der Waals surface area contributed by atoms with E-state index < -0.39 is 15.0 Å². The predicted molar refractivity (Wildman–Crippen MR) is 74.4 cm³/mol. The van der Waals surface area contributed by atoms with Crippen LogP contribution >= 0.6 is 15.0 Å². The standard InChI is InChI=1S/C11H24O5P2/c1-5-9-17(12,14-6-2)10-11-18(13,15-7-3)16-8-4/h10-11H,5-9H2,1-4H3. The smallest absolute Gasteiger partial charge is 0.326 e. The van der Waals surface area contributed by atoms with Gasteiger partial charge >= 0.3 is 7.60 Å². The molecule has 0 bridgehead atoms. The molecule has 5 nitrogen and oxygen atoms in total. The molecule has 7 heteroatoms. The highest BCUT2D eigenvalue weighted by Crippen LogP contribution is 2.56. The third-order valence-electron chi connectivity index (χ3n) is 1.98. The average molecular weight is 298 g/mol. The molecule has 0 aliphatic rings. The molecule has 1 atom stereocenters. The lowest BCUT2D eigenvalue weighted by molar-refractivity contribution is 0.229. The molecule has 0 saturated heterocycles. The van der Waals surface area contributed by atoms with Gasteiger partial charge in [0.05, 0.1) is 19.8 Å². The normalized spacial score (nSPS) is 16.0. The Morgan fingerprint density at radius 2 is 1.33 bits per heavy atom. The maximum atomic E-state index is 12.3. The van der Waals surface area contributed by atoms with Crippen molar-refractivity contribution in [3.63, 3.8) is 0 Å². The Morgan fingerprint density at radius 3 is 1.72 bits per heavy atom. The molecule has 0 amide bonds. The van der Waals surface area contributed by atoms with Gasteiger partial charge in [-0.1, -0.05) is 6.92 Å². The first kappa shape index (κ1) is 18.1. The van der Waals surface area contributed by atoms with Crippen LogP contribution < -0.4 is 0 Å². The van der Waals surface area contributed by atoms with Crippen molar-refractivity contribution >= 4 is 15.0 Å². The highest BCUT2D eigenvalue weighted by atomic mass is 31.2. The summed E-state index contributed by atoms with van der Waals surface area (Å²) in [6.45, 7) is 8.06. The van der Waals surface area contributed by atoms with E-state index in [1.54, 1.807) is 20.8 Å². The van der Waals surface area contributed by atoms with E-state index in [9.17, 15) is 9.13 Å². The van der Waals surface area contributed by atoms with Crippen LogP contribution in [-0.4, -0.2) is 26.0 Å². The van der Waals surface area contributed by atoms with E-state index in [-0.39, 0.29) is 13.2 Å². The molecule has 0 saturated carbocycles. The molecule has 1 unspecified atom stereocenters. The zero-order valence-corrected chi connectivity index (χ0v) is 13.4. The van der Waals surface area contributed by atoms with Gasteiger partial charge in [0.1, 0.15) is 0 Å². The summed E-state index contributed by atoms with van der Waals surface area (Å²) in [5, 5.41) is 0. The van der Waals surface area contributed by atoms with E-state index in [1.165, 1.54) is 11.6 Å². The summed E-state index contributed by atoms with van der Waals surface area (Å²) in [7, 11) is -6.17. The Bertz CT molecular complexity index is 288. The zero-order valence-electron chi connectivity index (χ0n) is 11.6. The van der Waals surface area contributed by atoms with Crippen LogP contribution in [0.3, 0.4) is 0 Å². The van der Waals surface area contributed by atoms with Crippen molar-refractivity contribution in [2.75, 3.05) is 26.0 Å². The minimum atomic E-state index is -3.30. The van der Waals surface area contributed by atoms with E-state index in [0.29, 0.717) is 12.8 Å². The van der Waals surface area contributed by atoms with E-state index in [4.69, 9.17) is 13.6 Å². The molecule has 0 aliphatic heterocycles.